The molecule has 35 heavy (non-hydrogen) atoms. The number of aliphatic hydroxyl groups is 1. The molecule has 0 bridgehead atoms. The number of hydrogen-bond acceptors (Lipinski definition) is 6. The number of anilines is 1. The molecule has 5 rings (SSSR count). The molecule has 4 aliphatic heterocycles. The summed E-state index contributed by atoms with van der Waals surface area (Å²) in [5, 5.41) is 10.4. The number of nitrogens with zero attached hydrogens (tertiary/aromatic N) is 2. The predicted molar refractivity (Wildman–Crippen MR) is 129 cm³/mol. The van der Waals surface area contributed by atoms with Crippen LogP contribution < -0.4 is 4.90 Å². The van der Waals surface area contributed by atoms with E-state index in [-0.39, 0.29) is 25.7 Å². The molecular weight excluding hydrogens is 472 g/mol. The summed E-state index contributed by atoms with van der Waals surface area (Å²) in [5.41, 5.74) is -0.856. The standard InChI is InChI=1S/C26H29ClN2O6/c1-16(15-30)29-22-24(32)28(18-10-6-5-9-17(18)27)13-8-12-26(22)21(23(29)31)20-19(35-26)11-4-2-3-7-14-34-25(20)33/h4-6,8-12,16,19-22,30H,2-3,7,13-15H2,1H3/b11-4-/t16-,19+,20-,21+,22?,26+/m1/s1. The molecule has 4 heterocycles. The molecule has 186 valence electrons. The lowest BCUT2D eigenvalue weighted by atomic mass is 9.78. The number of amides is 2. The Labute approximate surface area is 209 Å². The summed E-state index contributed by atoms with van der Waals surface area (Å²) in [6, 6.07) is 5.28. The van der Waals surface area contributed by atoms with Crippen molar-refractivity contribution in [1.82, 2.24) is 4.90 Å². The first-order valence-corrected chi connectivity index (χ1v) is 12.5. The summed E-state index contributed by atoms with van der Waals surface area (Å²) in [5.74, 6) is -3.11. The van der Waals surface area contributed by atoms with Crippen LogP contribution in [0.3, 0.4) is 0 Å². The Kier molecular flexibility index (Phi) is 6.46. The number of carbonyl (C=O) groups is 3. The van der Waals surface area contributed by atoms with Crippen molar-refractivity contribution in [1.29, 1.82) is 0 Å². The van der Waals surface area contributed by atoms with Crippen LogP contribution in [-0.2, 0) is 23.9 Å². The van der Waals surface area contributed by atoms with Gasteiger partial charge in [-0.1, -0.05) is 48.0 Å². The molecule has 2 amide bonds. The summed E-state index contributed by atoms with van der Waals surface area (Å²) < 4.78 is 12.1. The number of carbonyl (C=O) groups excluding carboxylic acids is 3. The van der Waals surface area contributed by atoms with Gasteiger partial charge in [0.15, 0.2) is 0 Å². The minimum absolute atomic E-state index is 0.224. The lowest BCUT2D eigenvalue weighted by Crippen LogP contribution is -2.57. The minimum atomic E-state index is -1.37. The van der Waals surface area contributed by atoms with E-state index in [0.29, 0.717) is 10.7 Å². The highest BCUT2D eigenvalue weighted by Crippen LogP contribution is 2.53. The average Bonchev–Trinajstić information content (AvgIpc) is 3.24. The maximum atomic E-state index is 14.2. The van der Waals surface area contributed by atoms with Crippen molar-refractivity contribution in [3.8, 4) is 0 Å². The molecule has 1 N–H and O–H groups in total. The molecule has 1 spiro atoms. The molecule has 4 aliphatic rings. The third kappa shape index (κ3) is 3.79. The highest BCUT2D eigenvalue weighted by atomic mass is 35.5. The van der Waals surface area contributed by atoms with Crippen LogP contribution in [0.5, 0.6) is 0 Å². The topological polar surface area (TPSA) is 96.4 Å². The van der Waals surface area contributed by atoms with Crippen LogP contribution in [0, 0.1) is 11.8 Å². The van der Waals surface area contributed by atoms with Crippen molar-refractivity contribution in [3.63, 3.8) is 0 Å². The molecule has 6 atom stereocenters. The van der Waals surface area contributed by atoms with E-state index in [1.54, 1.807) is 43.3 Å². The first-order chi connectivity index (χ1) is 16.9. The monoisotopic (exact) mass is 500 g/mol. The lowest BCUT2D eigenvalue weighted by molar-refractivity contribution is -0.155. The first kappa shape index (κ1) is 24.0. The second kappa shape index (κ2) is 9.41. The predicted octanol–water partition coefficient (Wildman–Crippen LogP) is 2.49. The highest BCUT2D eigenvalue weighted by Gasteiger charge is 2.72. The number of likely N-dealkylation sites (tertiary alicyclic amines) is 1. The zero-order valence-electron chi connectivity index (χ0n) is 19.5. The zero-order chi connectivity index (χ0) is 24.7. The second-order valence-electron chi connectivity index (χ2n) is 9.51. The van der Waals surface area contributed by atoms with Crippen LogP contribution in [0.1, 0.15) is 26.2 Å². The van der Waals surface area contributed by atoms with Crippen LogP contribution in [0.2, 0.25) is 5.02 Å². The maximum absolute atomic E-state index is 14.2. The summed E-state index contributed by atoms with van der Waals surface area (Å²) in [4.78, 5) is 44.2. The van der Waals surface area contributed by atoms with E-state index in [4.69, 9.17) is 21.1 Å². The molecule has 0 radical (unpaired) electrons. The largest absolute Gasteiger partial charge is 0.465 e. The number of fused-ring (bicyclic) bond motifs is 2. The Bertz CT molecular complexity index is 1090. The highest BCUT2D eigenvalue weighted by molar-refractivity contribution is 6.34. The number of allylic oxidation sites excluding steroid dienone is 1. The maximum Gasteiger partial charge on any atom is 0.312 e. The van der Waals surface area contributed by atoms with Gasteiger partial charge in [-0.15, -0.1) is 0 Å². The number of cyclic esters (lactones) is 1. The van der Waals surface area contributed by atoms with E-state index < -0.39 is 47.5 Å². The minimum Gasteiger partial charge on any atom is -0.465 e. The molecule has 0 aromatic heterocycles. The van der Waals surface area contributed by atoms with E-state index >= 15 is 0 Å². The van der Waals surface area contributed by atoms with Crippen LogP contribution in [0.15, 0.2) is 48.6 Å². The van der Waals surface area contributed by atoms with E-state index in [1.807, 2.05) is 12.2 Å². The van der Waals surface area contributed by atoms with Gasteiger partial charge in [0.2, 0.25) is 5.91 Å². The van der Waals surface area contributed by atoms with E-state index in [9.17, 15) is 19.5 Å². The van der Waals surface area contributed by atoms with Crippen molar-refractivity contribution >= 4 is 35.1 Å². The number of halogens is 1. The Morgan fingerprint density at radius 2 is 1.97 bits per heavy atom. The third-order valence-electron chi connectivity index (χ3n) is 7.42. The molecule has 9 heteroatoms. The van der Waals surface area contributed by atoms with Crippen molar-refractivity contribution in [2.75, 3.05) is 24.7 Å². The van der Waals surface area contributed by atoms with Gasteiger partial charge in [-0.25, -0.2) is 0 Å². The van der Waals surface area contributed by atoms with Crippen LogP contribution in [0.4, 0.5) is 5.69 Å². The molecule has 2 fully saturated rings. The lowest BCUT2D eigenvalue weighted by Gasteiger charge is -2.37. The van der Waals surface area contributed by atoms with Gasteiger partial charge < -0.3 is 24.4 Å². The van der Waals surface area contributed by atoms with Crippen LogP contribution in [-0.4, -0.2) is 71.3 Å². The number of rotatable bonds is 3. The number of aliphatic hydroxyl groups excluding tert-OH is 1. The first-order valence-electron chi connectivity index (χ1n) is 12.1. The summed E-state index contributed by atoms with van der Waals surface area (Å²) in [6.07, 6.45) is 9.07. The van der Waals surface area contributed by atoms with Crippen LogP contribution in [0.25, 0.3) is 0 Å². The Morgan fingerprint density at radius 1 is 1.17 bits per heavy atom. The fourth-order valence-electron chi connectivity index (χ4n) is 5.81. The molecule has 8 nitrogen and oxygen atoms in total. The summed E-state index contributed by atoms with van der Waals surface area (Å²) in [6.45, 7) is 1.84. The number of esters is 1. The van der Waals surface area contributed by atoms with Crippen molar-refractivity contribution in [2.24, 2.45) is 11.8 Å². The second-order valence-corrected chi connectivity index (χ2v) is 9.92. The smallest absolute Gasteiger partial charge is 0.312 e. The zero-order valence-corrected chi connectivity index (χ0v) is 20.3. The number of para-hydroxylation sites is 1. The fourth-order valence-corrected chi connectivity index (χ4v) is 6.04. The van der Waals surface area contributed by atoms with Gasteiger partial charge in [0.05, 0.1) is 42.0 Å². The van der Waals surface area contributed by atoms with Crippen molar-refractivity contribution in [2.45, 2.75) is 50.0 Å². The SMILES string of the molecule is C[C@H](CO)N1C(=O)[C@@H]2[C@@H]3C(=O)OCCCC/C=C\[C@@H]3O[C@@]23C=CCN(c2ccccc2Cl)C(=O)C13. The van der Waals surface area contributed by atoms with Gasteiger partial charge in [0.25, 0.3) is 5.91 Å². The molecule has 0 saturated carbocycles. The van der Waals surface area contributed by atoms with Gasteiger partial charge in [-0.05, 0) is 38.3 Å². The Hall–Kier alpha value is -2.68. The van der Waals surface area contributed by atoms with Gasteiger partial charge in [-0.2, -0.15) is 0 Å². The molecule has 1 aromatic carbocycles. The van der Waals surface area contributed by atoms with E-state index in [2.05, 4.69) is 0 Å². The fraction of sp³-hybridized carbons (Fsp3) is 0.500. The van der Waals surface area contributed by atoms with E-state index in [0.717, 1.165) is 19.3 Å². The summed E-state index contributed by atoms with van der Waals surface area (Å²) in [7, 11) is 0. The quantitative estimate of drug-likeness (QED) is 0.506. The van der Waals surface area contributed by atoms with Gasteiger partial charge >= 0.3 is 5.97 Å². The third-order valence-corrected chi connectivity index (χ3v) is 7.74. The van der Waals surface area contributed by atoms with Crippen molar-refractivity contribution in [3.05, 3.63) is 53.6 Å². The van der Waals surface area contributed by atoms with Crippen LogP contribution >= 0.6 is 11.6 Å². The number of benzene rings is 1. The Balaban J connectivity index is 1.64. The van der Waals surface area contributed by atoms with Crippen molar-refractivity contribution < 1.29 is 29.0 Å². The van der Waals surface area contributed by atoms with Gasteiger partial charge in [0.1, 0.15) is 17.6 Å². The summed E-state index contributed by atoms with van der Waals surface area (Å²) >= 11 is 6.43. The molecular formula is C26H29ClN2O6. The normalized spacial score (nSPS) is 34.5. The molecule has 0 aliphatic carbocycles. The average molecular weight is 501 g/mol. The Morgan fingerprint density at radius 3 is 2.74 bits per heavy atom. The van der Waals surface area contributed by atoms with Gasteiger partial charge in [-0.3, -0.25) is 14.4 Å². The molecule has 1 unspecified atom stereocenters. The van der Waals surface area contributed by atoms with Gasteiger partial charge in [0, 0.05) is 6.54 Å². The molecule has 1 aromatic rings. The number of hydrogen-bond donors (Lipinski definition) is 1. The molecule has 2 saturated heterocycles. The number of ether oxygens (including phenoxy) is 2. The van der Waals surface area contributed by atoms with E-state index in [1.165, 1.54) is 9.80 Å².